The Morgan fingerprint density at radius 1 is 0.879 bits per heavy atom. The van der Waals surface area contributed by atoms with Gasteiger partial charge in [-0.25, -0.2) is 13.1 Å². The Bertz CT molecular complexity index is 1150. The third kappa shape index (κ3) is 6.43. The molecule has 1 amide bonds. The number of amides is 1. The largest absolute Gasteiger partial charge is 0.484 e. The predicted octanol–water partition coefficient (Wildman–Crippen LogP) is 4.87. The fourth-order valence-corrected chi connectivity index (χ4v) is 4.79. The van der Waals surface area contributed by atoms with E-state index in [4.69, 9.17) is 4.74 Å². The van der Waals surface area contributed by atoms with Crippen LogP contribution >= 0.6 is 0 Å². The van der Waals surface area contributed by atoms with Gasteiger partial charge in [-0.3, -0.25) is 4.79 Å². The highest BCUT2D eigenvalue weighted by Crippen LogP contribution is 2.23. The van der Waals surface area contributed by atoms with Gasteiger partial charge >= 0.3 is 0 Å². The summed E-state index contributed by atoms with van der Waals surface area (Å²) in [6.07, 6.45) is 1.63. The second-order valence-electron chi connectivity index (χ2n) is 7.72. The van der Waals surface area contributed by atoms with Crippen LogP contribution in [0.25, 0.3) is 0 Å². The molecule has 0 aliphatic rings. The maximum atomic E-state index is 12.7. The molecule has 3 rings (SSSR count). The van der Waals surface area contributed by atoms with E-state index < -0.39 is 10.0 Å². The lowest BCUT2D eigenvalue weighted by molar-refractivity contribution is -0.118. The van der Waals surface area contributed by atoms with E-state index in [0.29, 0.717) is 5.75 Å². The quantitative estimate of drug-likeness (QED) is 0.447. The number of sulfonamides is 1. The normalized spacial score (nSPS) is 12.2. The summed E-state index contributed by atoms with van der Waals surface area (Å²) in [4.78, 5) is 12.6. The molecule has 0 saturated carbocycles. The third-order valence-corrected chi connectivity index (χ3v) is 6.96. The van der Waals surface area contributed by atoms with Gasteiger partial charge in [-0.1, -0.05) is 62.4 Å². The summed E-state index contributed by atoms with van der Waals surface area (Å²) in [5.41, 5.74) is 3.88. The molecule has 33 heavy (non-hydrogen) atoms. The first-order valence-corrected chi connectivity index (χ1v) is 12.5. The van der Waals surface area contributed by atoms with Crippen LogP contribution in [0, 0.1) is 0 Å². The predicted molar refractivity (Wildman–Crippen MR) is 131 cm³/mol. The summed E-state index contributed by atoms with van der Waals surface area (Å²) in [5.74, 6) is 0.153. The maximum absolute atomic E-state index is 12.7. The van der Waals surface area contributed by atoms with E-state index in [2.05, 4.69) is 10.0 Å². The Kier molecular flexibility index (Phi) is 8.25. The zero-order chi connectivity index (χ0) is 23.8. The van der Waals surface area contributed by atoms with Crippen LogP contribution in [-0.2, 0) is 27.7 Å². The number of carbonyl (C=O) groups excluding carboxylic acids is 1. The number of anilines is 1. The lowest BCUT2D eigenvalue weighted by Gasteiger charge is -2.15. The fraction of sp³-hybridized carbons (Fsp3) is 0.269. The van der Waals surface area contributed by atoms with Crippen molar-refractivity contribution >= 4 is 21.6 Å². The minimum absolute atomic E-state index is 0.131. The number of ether oxygens (including phenoxy) is 1. The molecule has 0 aliphatic carbocycles. The van der Waals surface area contributed by atoms with Crippen LogP contribution in [0.1, 0.15) is 43.5 Å². The first kappa shape index (κ1) is 24.5. The van der Waals surface area contributed by atoms with Gasteiger partial charge in [0.1, 0.15) is 5.75 Å². The molecule has 0 unspecified atom stereocenters. The van der Waals surface area contributed by atoms with E-state index in [0.717, 1.165) is 35.2 Å². The number of para-hydroxylation sites is 1. The van der Waals surface area contributed by atoms with Crippen LogP contribution in [0.4, 0.5) is 5.69 Å². The molecule has 0 saturated heterocycles. The molecule has 0 fully saturated rings. The van der Waals surface area contributed by atoms with Gasteiger partial charge in [0.25, 0.3) is 5.91 Å². The Hall–Kier alpha value is -3.16. The van der Waals surface area contributed by atoms with Crippen molar-refractivity contribution in [2.45, 2.75) is 44.6 Å². The standard InChI is InChI=1S/C26H30N2O4S/c1-4-20-12-9-13-21(5-2)26(20)27-25(29)18-32-23-14-16-24(17-15-23)33(30,31)28-19(3)22-10-7-6-8-11-22/h6-17,19,28H,4-5,18H2,1-3H3,(H,27,29)/t19-/m0/s1. The zero-order valence-electron chi connectivity index (χ0n) is 19.2. The van der Waals surface area contributed by atoms with Gasteiger partial charge in [-0.15, -0.1) is 0 Å². The summed E-state index contributed by atoms with van der Waals surface area (Å²) in [6, 6.07) is 21.0. The van der Waals surface area contributed by atoms with E-state index in [1.165, 1.54) is 12.1 Å². The van der Waals surface area contributed by atoms with Crippen LogP contribution in [0.15, 0.2) is 77.7 Å². The van der Waals surface area contributed by atoms with Gasteiger partial charge in [-0.05, 0) is 60.7 Å². The second-order valence-corrected chi connectivity index (χ2v) is 9.43. The van der Waals surface area contributed by atoms with Crippen molar-refractivity contribution in [3.63, 3.8) is 0 Å². The first-order valence-electron chi connectivity index (χ1n) is 11.0. The summed E-state index contributed by atoms with van der Waals surface area (Å²) < 4.78 is 33.7. The molecule has 0 aromatic heterocycles. The van der Waals surface area contributed by atoms with Crippen molar-refractivity contribution in [3.8, 4) is 5.75 Å². The zero-order valence-corrected chi connectivity index (χ0v) is 20.0. The van der Waals surface area contributed by atoms with Gasteiger partial charge in [0.2, 0.25) is 10.0 Å². The average molecular weight is 467 g/mol. The first-order chi connectivity index (χ1) is 15.8. The number of nitrogens with one attached hydrogen (secondary N) is 2. The highest BCUT2D eigenvalue weighted by molar-refractivity contribution is 7.89. The molecule has 7 heteroatoms. The molecule has 174 valence electrons. The molecule has 0 bridgehead atoms. The Labute approximate surface area is 196 Å². The van der Waals surface area contributed by atoms with Crippen LogP contribution in [-0.4, -0.2) is 20.9 Å². The van der Waals surface area contributed by atoms with Crippen LogP contribution in [0.5, 0.6) is 5.75 Å². The SMILES string of the molecule is CCc1cccc(CC)c1NC(=O)COc1ccc(S(=O)(=O)N[C@@H](C)c2ccccc2)cc1. The van der Waals surface area contributed by atoms with E-state index in [1.807, 2.05) is 62.4 Å². The molecule has 0 aliphatic heterocycles. The number of aryl methyl sites for hydroxylation is 2. The van der Waals surface area contributed by atoms with Crippen molar-refractivity contribution in [1.82, 2.24) is 4.72 Å². The van der Waals surface area contributed by atoms with Crippen molar-refractivity contribution in [2.24, 2.45) is 0 Å². The number of hydrogen-bond donors (Lipinski definition) is 2. The van der Waals surface area contributed by atoms with E-state index in [9.17, 15) is 13.2 Å². The maximum Gasteiger partial charge on any atom is 0.262 e. The molecular formula is C26H30N2O4S. The molecule has 2 N–H and O–H groups in total. The average Bonchev–Trinajstić information content (AvgIpc) is 2.83. The Balaban J connectivity index is 1.60. The molecule has 0 heterocycles. The van der Waals surface area contributed by atoms with Crippen LogP contribution in [0.2, 0.25) is 0 Å². The molecule has 1 atom stereocenters. The second kappa shape index (κ2) is 11.1. The number of hydrogen-bond acceptors (Lipinski definition) is 4. The molecule has 0 radical (unpaired) electrons. The lowest BCUT2D eigenvalue weighted by Crippen LogP contribution is -2.26. The Morgan fingerprint density at radius 2 is 1.48 bits per heavy atom. The number of benzene rings is 3. The van der Waals surface area contributed by atoms with E-state index >= 15 is 0 Å². The van der Waals surface area contributed by atoms with Crippen molar-refractivity contribution in [2.75, 3.05) is 11.9 Å². The third-order valence-electron chi connectivity index (χ3n) is 5.40. The van der Waals surface area contributed by atoms with E-state index in [-0.39, 0.29) is 23.5 Å². The van der Waals surface area contributed by atoms with Gasteiger partial charge in [0, 0.05) is 11.7 Å². The fourth-order valence-electron chi connectivity index (χ4n) is 3.55. The molecule has 3 aromatic carbocycles. The van der Waals surface area contributed by atoms with Crippen molar-refractivity contribution in [1.29, 1.82) is 0 Å². The lowest BCUT2D eigenvalue weighted by atomic mass is 10.0. The summed E-state index contributed by atoms with van der Waals surface area (Å²) in [7, 11) is -3.70. The van der Waals surface area contributed by atoms with Crippen molar-refractivity contribution < 1.29 is 17.9 Å². The minimum atomic E-state index is -3.70. The van der Waals surface area contributed by atoms with Gasteiger partial charge in [-0.2, -0.15) is 0 Å². The van der Waals surface area contributed by atoms with Crippen molar-refractivity contribution in [3.05, 3.63) is 89.5 Å². The number of carbonyl (C=O) groups is 1. The van der Waals surface area contributed by atoms with Gasteiger partial charge in [0.05, 0.1) is 4.90 Å². The summed E-state index contributed by atoms with van der Waals surface area (Å²) >= 11 is 0. The van der Waals surface area contributed by atoms with Crippen LogP contribution < -0.4 is 14.8 Å². The molecule has 6 nitrogen and oxygen atoms in total. The smallest absolute Gasteiger partial charge is 0.262 e. The number of rotatable bonds is 10. The summed E-state index contributed by atoms with van der Waals surface area (Å²) in [5, 5.41) is 2.95. The highest BCUT2D eigenvalue weighted by Gasteiger charge is 2.18. The molecular weight excluding hydrogens is 436 g/mol. The Morgan fingerprint density at radius 3 is 2.06 bits per heavy atom. The van der Waals surface area contributed by atoms with Gasteiger partial charge < -0.3 is 10.1 Å². The highest BCUT2D eigenvalue weighted by atomic mass is 32.2. The molecule has 3 aromatic rings. The van der Waals surface area contributed by atoms with E-state index in [1.54, 1.807) is 19.1 Å². The van der Waals surface area contributed by atoms with Gasteiger partial charge in [0.15, 0.2) is 6.61 Å². The minimum Gasteiger partial charge on any atom is -0.484 e. The topological polar surface area (TPSA) is 84.5 Å². The molecule has 0 spiro atoms. The monoisotopic (exact) mass is 466 g/mol. The van der Waals surface area contributed by atoms with Crippen LogP contribution in [0.3, 0.4) is 0 Å². The summed E-state index contributed by atoms with van der Waals surface area (Å²) in [6.45, 7) is 5.72.